The summed E-state index contributed by atoms with van der Waals surface area (Å²) in [6.07, 6.45) is 2.45. The second-order valence-corrected chi connectivity index (χ2v) is 8.19. The van der Waals surface area contributed by atoms with Gasteiger partial charge in [-0.25, -0.2) is 0 Å². The van der Waals surface area contributed by atoms with Gasteiger partial charge in [-0.3, -0.25) is 9.59 Å². The van der Waals surface area contributed by atoms with E-state index < -0.39 is 5.60 Å². The maximum atomic E-state index is 13.1. The standard InChI is InChI=1S/C23H24N2O5/c1-25-11-10-23(9-8-21(25)26)13-17(16-4-2-3-5-18(16)30-23)24-22(27)15-6-7-19-20(12-15)29-14-28-19/h2-7,12,17H,8-11,13-14H2,1H3,(H,24,27). The molecule has 5 rings (SSSR count). The normalized spacial score (nSPS) is 24.8. The Morgan fingerprint density at radius 1 is 1.10 bits per heavy atom. The fraction of sp³-hybridized carbons (Fsp3) is 0.391. The number of hydrogen-bond acceptors (Lipinski definition) is 5. The highest BCUT2D eigenvalue weighted by atomic mass is 16.7. The zero-order chi connectivity index (χ0) is 20.7. The van der Waals surface area contributed by atoms with Crippen LogP contribution in [-0.4, -0.2) is 42.7 Å². The Kier molecular flexibility index (Phi) is 4.53. The number of carbonyl (C=O) groups excluding carboxylic acids is 2. The van der Waals surface area contributed by atoms with Gasteiger partial charge in [0.05, 0.1) is 6.04 Å². The van der Waals surface area contributed by atoms with Crippen molar-refractivity contribution in [1.82, 2.24) is 10.2 Å². The SMILES string of the molecule is CN1CCC2(CCC1=O)CC(NC(=O)c1ccc3c(c1)OCO3)c1ccccc1O2. The monoisotopic (exact) mass is 408 g/mol. The van der Waals surface area contributed by atoms with Gasteiger partial charge in [0.2, 0.25) is 12.7 Å². The number of nitrogens with zero attached hydrogens (tertiary/aromatic N) is 1. The average molecular weight is 408 g/mol. The molecule has 30 heavy (non-hydrogen) atoms. The van der Waals surface area contributed by atoms with Crippen LogP contribution in [0.3, 0.4) is 0 Å². The van der Waals surface area contributed by atoms with E-state index in [4.69, 9.17) is 14.2 Å². The summed E-state index contributed by atoms with van der Waals surface area (Å²) in [5.74, 6) is 1.96. The highest BCUT2D eigenvalue weighted by Gasteiger charge is 2.43. The lowest BCUT2D eigenvalue weighted by Gasteiger charge is -2.42. The van der Waals surface area contributed by atoms with Gasteiger partial charge in [0.15, 0.2) is 11.5 Å². The van der Waals surface area contributed by atoms with Crippen molar-refractivity contribution >= 4 is 11.8 Å². The van der Waals surface area contributed by atoms with Crippen molar-refractivity contribution in [3.05, 3.63) is 53.6 Å². The molecule has 3 aliphatic heterocycles. The third-order valence-corrected chi connectivity index (χ3v) is 6.26. The molecule has 156 valence electrons. The third-order valence-electron chi connectivity index (χ3n) is 6.26. The molecule has 2 amide bonds. The third kappa shape index (κ3) is 3.34. The van der Waals surface area contributed by atoms with E-state index in [2.05, 4.69) is 5.32 Å². The zero-order valence-corrected chi connectivity index (χ0v) is 16.8. The van der Waals surface area contributed by atoms with Crippen LogP contribution in [-0.2, 0) is 4.79 Å². The summed E-state index contributed by atoms with van der Waals surface area (Å²) in [5, 5.41) is 3.18. The van der Waals surface area contributed by atoms with Crippen molar-refractivity contribution < 1.29 is 23.8 Å². The molecule has 1 N–H and O–H groups in total. The topological polar surface area (TPSA) is 77.1 Å². The van der Waals surface area contributed by atoms with Gasteiger partial charge in [0.1, 0.15) is 11.4 Å². The Bertz CT molecular complexity index is 1010. The molecule has 3 heterocycles. The smallest absolute Gasteiger partial charge is 0.251 e. The first kappa shape index (κ1) is 18.8. The fourth-order valence-electron chi connectivity index (χ4n) is 4.48. The molecule has 1 fully saturated rings. The van der Waals surface area contributed by atoms with Gasteiger partial charge in [-0.2, -0.15) is 0 Å². The molecule has 2 aromatic carbocycles. The molecule has 3 aliphatic rings. The van der Waals surface area contributed by atoms with E-state index in [9.17, 15) is 9.59 Å². The predicted octanol–water partition coefficient (Wildman–Crippen LogP) is 3.05. The molecule has 0 radical (unpaired) electrons. The Labute approximate surface area is 174 Å². The summed E-state index contributed by atoms with van der Waals surface area (Å²) in [6, 6.07) is 12.8. The second kappa shape index (κ2) is 7.23. The molecular formula is C23H24N2O5. The number of fused-ring (bicyclic) bond motifs is 2. The van der Waals surface area contributed by atoms with Crippen molar-refractivity contribution in [1.29, 1.82) is 0 Å². The van der Waals surface area contributed by atoms with Crippen LogP contribution < -0.4 is 19.5 Å². The van der Waals surface area contributed by atoms with Gasteiger partial charge in [-0.1, -0.05) is 18.2 Å². The van der Waals surface area contributed by atoms with Crippen LogP contribution >= 0.6 is 0 Å². The van der Waals surface area contributed by atoms with Crippen LogP contribution in [0.1, 0.15) is 47.6 Å². The highest BCUT2D eigenvalue weighted by molar-refractivity contribution is 5.95. The predicted molar refractivity (Wildman–Crippen MR) is 109 cm³/mol. The van der Waals surface area contributed by atoms with Crippen molar-refractivity contribution in [3.63, 3.8) is 0 Å². The van der Waals surface area contributed by atoms with Gasteiger partial charge in [0, 0.05) is 44.0 Å². The molecule has 0 bridgehead atoms. The first-order chi connectivity index (χ1) is 14.5. The maximum absolute atomic E-state index is 13.1. The second-order valence-electron chi connectivity index (χ2n) is 8.19. The summed E-state index contributed by atoms with van der Waals surface area (Å²) < 4.78 is 17.2. The molecule has 1 spiro atoms. The van der Waals surface area contributed by atoms with Gasteiger partial charge < -0.3 is 24.4 Å². The molecule has 2 unspecified atom stereocenters. The number of hydrogen-bond donors (Lipinski definition) is 1. The minimum atomic E-state index is -0.471. The van der Waals surface area contributed by atoms with Crippen LogP contribution in [0.4, 0.5) is 0 Å². The van der Waals surface area contributed by atoms with Crippen LogP contribution in [0.15, 0.2) is 42.5 Å². The molecule has 0 aliphatic carbocycles. The van der Waals surface area contributed by atoms with E-state index in [-0.39, 0.29) is 24.6 Å². The Balaban J connectivity index is 1.42. The number of amides is 2. The molecule has 1 saturated heterocycles. The number of benzene rings is 2. The van der Waals surface area contributed by atoms with Crippen molar-refractivity contribution in [2.75, 3.05) is 20.4 Å². The number of nitrogens with one attached hydrogen (secondary N) is 1. The summed E-state index contributed by atoms with van der Waals surface area (Å²) in [5.41, 5.74) is 1.01. The van der Waals surface area contributed by atoms with Gasteiger partial charge in [-0.15, -0.1) is 0 Å². The average Bonchev–Trinajstić information content (AvgIpc) is 3.19. The minimum absolute atomic E-state index is 0.135. The van der Waals surface area contributed by atoms with Crippen LogP contribution in [0.2, 0.25) is 0 Å². The number of ether oxygens (including phenoxy) is 3. The van der Waals surface area contributed by atoms with E-state index in [1.54, 1.807) is 23.1 Å². The van der Waals surface area contributed by atoms with Crippen LogP contribution in [0.5, 0.6) is 17.2 Å². The first-order valence-corrected chi connectivity index (χ1v) is 10.3. The summed E-state index contributed by atoms with van der Waals surface area (Å²) in [4.78, 5) is 27.0. The molecule has 7 nitrogen and oxygen atoms in total. The largest absolute Gasteiger partial charge is 0.487 e. The van der Waals surface area contributed by atoms with Crippen LogP contribution in [0, 0.1) is 0 Å². The highest BCUT2D eigenvalue weighted by Crippen LogP contribution is 2.44. The lowest BCUT2D eigenvalue weighted by atomic mass is 9.82. The number of rotatable bonds is 2. The van der Waals surface area contributed by atoms with E-state index in [0.29, 0.717) is 42.9 Å². The number of para-hydroxylation sites is 1. The van der Waals surface area contributed by atoms with E-state index >= 15 is 0 Å². The van der Waals surface area contributed by atoms with Gasteiger partial charge >= 0.3 is 0 Å². The van der Waals surface area contributed by atoms with E-state index in [1.165, 1.54) is 0 Å². The Morgan fingerprint density at radius 2 is 1.93 bits per heavy atom. The van der Waals surface area contributed by atoms with Crippen molar-refractivity contribution in [2.24, 2.45) is 0 Å². The molecular weight excluding hydrogens is 384 g/mol. The summed E-state index contributed by atoms with van der Waals surface area (Å²) >= 11 is 0. The maximum Gasteiger partial charge on any atom is 0.251 e. The Hall–Kier alpha value is -3.22. The quantitative estimate of drug-likeness (QED) is 0.827. The number of carbonyl (C=O) groups is 2. The Morgan fingerprint density at radius 3 is 2.83 bits per heavy atom. The lowest BCUT2D eigenvalue weighted by molar-refractivity contribution is -0.129. The van der Waals surface area contributed by atoms with E-state index in [0.717, 1.165) is 17.7 Å². The van der Waals surface area contributed by atoms with E-state index in [1.807, 2.05) is 31.3 Å². The molecule has 0 aromatic heterocycles. The molecule has 2 aromatic rings. The molecule has 7 heteroatoms. The molecule has 2 atom stereocenters. The fourth-order valence-corrected chi connectivity index (χ4v) is 4.48. The van der Waals surface area contributed by atoms with Gasteiger partial charge in [-0.05, 0) is 30.7 Å². The van der Waals surface area contributed by atoms with Crippen molar-refractivity contribution in [3.8, 4) is 17.2 Å². The van der Waals surface area contributed by atoms with Crippen molar-refractivity contribution in [2.45, 2.75) is 37.3 Å². The zero-order valence-electron chi connectivity index (χ0n) is 16.8. The lowest BCUT2D eigenvalue weighted by Crippen LogP contribution is -2.45. The minimum Gasteiger partial charge on any atom is -0.487 e. The molecule has 0 saturated carbocycles. The summed E-state index contributed by atoms with van der Waals surface area (Å²) in [7, 11) is 1.83. The number of likely N-dealkylation sites (tertiary alicyclic amines) is 1. The first-order valence-electron chi connectivity index (χ1n) is 10.3. The van der Waals surface area contributed by atoms with Crippen LogP contribution in [0.25, 0.3) is 0 Å². The summed E-state index contributed by atoms with van der Waals surface area (Å²) in [6.45, 7) is 0.813. The van der Waals surface area contributed by atoms with Gasteiger partial charge in [0.25, 0.3) is 5.91 Å².